The highest BCUT2D eigenvalue weighted by molar-refractivity contribution is 5.83. The predicted octanol–water partition coefficient (Wildman–Crippen LogP) is 4.53. The largest absolute Gasteiger partial charge is 0.493 e. The van der Waals surface area contributed by atoms with Crippen molar-refractivity contribution in [3.05, 3.63) is 23.3 Å². The second kappa shape index (κ2) is 7.46. The van der Waals surface area contributed by atoms with E-state index in [4.69, 9.17) is 14.2 Å². The number of piperidine rings is 1. The summed E-state index contributed by atoms with van der Waals surface area (Å²) >= 11 is 0. The van der Waals surface area contributed by atoms with Gasteiger partial charge in [-0.1, -0.05) is 19.9 Å². The fourth-order valence-electron chi connectivity index (χ4n) is 8.38. The van der Waals surface area contributed by atoms with Crippen LogP contribution in [0.1, 0.15) is 70.4 Å². The van der Waals surface area contributed by atoms with Crippen LogP contribution in [0.15, 0.2) is 12.1 Å². The molecule has 2 aliphatic heterocycles. The van der Waals surface area contributed by atoms with Crippen LogP contribution in [0.25, 0.3) is 0 Å². The molecule has 1 aromatic rings. The van der Waals surface area contributed by atoms with Gasteiger partial charge in [0.25, 0.3) is 0 Å². The van der Waals surface area contributed by atoms with Gasteiger partial charge in [-0.25, -0.2) is 0 Å². The molecule has 32 heavy (non-hydrogen) atoms. The SMILES string of the molecule is CCCC(=O)[C@H]1C[C@@]23CC[C@]1(OC)[C@@H]1Oc4c(OC)ccc(CC)c4[C@@]12CCN(C)[C@@H]3C. The molecule has 176 valence electrons. The maximum atomic E-state index is 13.5. The Morgan fingerprint density at radius 3 is 2.66 bits per heavy atom. The van der Waals surface area contributed by atoms with Crippen LogP contribution in [-0.2, 0) is 21.4 Å². The number of methoxy groups -OCH3 is 2. The number of hydrogen-bond donors (Lipinski definition) is 0. The Labute approximate surface area is 192 Å². The number of benzene rings is 1. The highest BCUT2D eigenvalue weighted by Crippen LogP contribution is 2.74. The van der Waals surface area contributed by atoms with Crippen molar-refractivity contribution in [2.45, 2.75) is 88.9 Å². The monoisotopic (exact) mass is 441 g/mol. The molecule has 0 radical (unpaired) electrons. The molecule has 5 heteroatoms. The van der Waals surface area contributed by atoms with E-state index in [1.165, 1.54) is 11.1 Å². The van der Waals surface area contributed by atoms with Crippen LogP contribution in [0, 0.1) is 11.3 Å². The van der Waals surface area contributed by atoms with Crippen molar-refractivity contribution in [3.63, 3.8) is 0 Å². The van der Waals surface area contributed by atoms with Gasteiger partial charge in [-0.15, -0.1) is 0 Å². The van der Waals surface area contributed by atoms with E-state index in [9.17, 15) is 4.79 Å². The highest BCUT2D eigenvalue weighted by Gasteiger charge is 2.79. The molecule has 0 N–H and O–H groups in total. The van der Waals surface area contributed by atoms with Gasteiger partial charge in [0.15, 0.2) is 11.5 Å². The van der Waals surface area contributed by atoms with E-state index in [1.54, 1.807) is 14.2 Å². The minimum Gasteiger partial charge on any atom is -0.493 e. The minimum atomic E-state index is -0.571. The van der Waals surface area contributed by atoms with Gasteiger partial charge in [-0.05, 0) is 70.7 Å². The van der Waals surface area contributed by atoms with Gasteiger partial charge >= 0.3 is 0 Å². The summed E-state index contributed by atoms with van der Waals surface area (Å²) in [4.78, 5) is 16.1. The first-order chi connectivity index (χ1) is 15.4. The van der Waals surface area contributed by atoms with E-state index in [2.05, 4.69) is 44.9 Å². The average Bonchev–Trinajstić information content (AvgIpc) is 3.19. The third-order valence-corrected chi connectivity index (χ3v) is 9.98. The lowest BCUT2D eigenvalue weighted by Gasteiger charge is -2.71. The summed E-state index contributed by atoms with van der Waals surface area (Å²) in [6.07, 6.45) is 6.18. The maximum Gasteiger partial charge on any atom is 0.165 e. The molecule has 5 nitrogen and oxygen atoms in total. The summed E-state index contributed by atoms with van der Waals surface area (Å²) in [6, 6.07) is 4.66. The Morgan fingerprint density at radius 1 is 1.22 bits per heavy atom. The molecule has 6 rings (SSSR count). The van der Waals surface area contributed by atoms with Gasteiger partial charge < -0.3 is 19.1 Å². The number of aryl methyl sites for hydroxylation is 1. The van der Waals surface area contributed by atoms with Crippen molar-refractivity contribution < 1.29 is 19.0 Å². The first kappa shape index (κ1) is 22.2. The van der Waals surface area contributed by atoms with Crippen LogP contribution >= 0.6 is 0 Å². The molecule has 0 unspecified atom stereocenters. The van der Waals surface area contributed by atoms with Gasteiger partial charge in [0, 0.05) is 36.0 Å². The molecular formula is C27H39NO4. The fourth-order valence-corrected chi connectivity index (χ4v) is 8.38. The number of likely N-dealkylation sites (tertiary alicyclic amines) is 1. The molecule has 1 aromatic carbocycles. The van der Waals surface area contributed by atoms with E-state index < -0.39 is 5.60 Å². The number of carbonyl (C=O) groups excluding carboxylic acids is 1. The highest BCUT2D eigenvalue weighted by atomic mass is 16.6. The number of ketones is 1. The van der Waals surface area contributed by atoms with Crippen LogP contribution in [-0.4, -0.2) is 56.2 Å². The second-order valence-electron chi connectivity index (χ2n) is 10.6. The quantitative estimate of drug-likeness (QED) is 0.649. The Morgan fingerprint density at radius 2 is 2.00 bits per heavy atom. The van der Waals surface area contributed by atoms with Crippen molar-refractivity contribution in [3.8, 4) is 11.5 Å². The summed E-state index contributed by atoms with van der Waals surface area (Å²) in [5.74, 6) is 1.96. The average molecular weight is 442 g/mol. The minimum absolute atomic E-state index is 0.0133. The molecule has 0 amide bonds. The first-order valence-electron chi connectivity index (χ1n) is 12.5. The van der Waals surface area contributed by atoms with Gasteiger partial charge in [-0.2, -0.15) is 0 Å². The topological polar surface area (TPSA) is 48.0 Å². The number of fused-ring (bicyclic) bond motifs is 3. The molecule has 0 aromatic heterocycles. The molecular weight excluding hydrogens is 402 g/mol. The van der Waals surface area contributed by atoms with Gasteiger partial charge in [0.2, 0.25) is 0 Å². The number of rotatable bonds is 6. The van der Waals surface area contributed by atoms with E-state index in [0.29, 0.717) is 18.2 Å². The standard InChI is InChI=1S/C27H39NO4/c1-7-9-20(29)19-16-25-12-13-27(19,31-6)24-26(25,14-15-28(4)17(25)3)22-18(8-2)10-11-21(30-5)23(22)32-24/h10-11,17,19,24H,7-9,12-16H2,1-6H3/t17-,19-,24-,25-,26+,27-/m1/s1. The van der Waals surface area contributed by atoms with Crippen molar-refractivity contribution in [1.82, 2.24) is 4.90 Å². The van der Waals surface area contributed by atoms with Crippen LogP contribution in [0.5, 0.6) is 11.5 Å². The maximum absolute atomic E-state index is 13.5. The molecule has 4 fully saturated rings. The van der Waals surface area contributed by atoms with Crippen LogP contribution < -0.4 is 9.47 Å². The number of ether oxygens (including phenoxy) is 3. The Kier molecular flexibility index (Phi) is 5.18. The molecule has 3 saturated carbocycles. The van der Waals surface area contributed by atoms with Crippen molar-refractivity contribution in [1.29, 1.82) is 0 Å². The molecule has 2 spiro atoms. The van der Waals surface area contributed by atoms with Gasteiger partial charge in [-0.3, -0.25) is 4.79 Å². The number of hydrogen-bond acceptors (Lipinski definition) is 5. The normalized spacial score (nSPS) is 39.8. The predicted molar refractivity (Wildman–Crippen MR) is 125 cm³/mol. The van der Waals surface area contributed by atoms with Crippen molar-refractivity contribution in [2.24, 2.45) is 11.3 Å². The van der Waals surface area contributed by atoms with Gasteiger partial charge in [0.05, 0.1) is 13.0 Å². The summed E-state index contributed by atoms with van der Waals surface area (Å²) in [5, 5.41) is 0. The number of Topliss-reactive ketones (excluding diaryl/α,β-unsaturated/α-hetero) is 1. The van der Waals surface area contributed by atoms with Gasteiger partial charge in [0.1, 0.15) is 17.5 Å². The zero-order valence-electron chi connectivity index (χ0n) is 20.6. The second-order valence-corrected chi connectivity index (χ2v) is 10.6. The smallest absolute Gasteiger partial charge is 0.165 e. The summed E-state index contributed by atoms with van der Waals surface area (Å²) < 4.78 is 19.2. The molecule has 1 saturated heterocycles. The number of nitrogens with zero attached hydrogens (tertiary/aromatic N) is 1. The lowest BCUT2D eigenvalue weighted by molar-refractivity contribution is -0.266. The van der Waals surface area contributed by atoms with E-state index in [0.717, 1.165) is 56.6 Å². The Hall–Kier alpha value is -1.59. The van der Waals surface area contributed by atoms with E-state index >= 15 is 0 Å². The van der Waals surface area contributed by atoms with E-state index in [1.807, 2.05) is 0 Å². The van der Waals surface area contributed by atoms with Crippen molar-refractivity contribution >= 4 is 5.78 Å². The summed E-state index contributed by atoms with van der Waals surface area (Å²) in [5.41, 5.74) is 1.98. The lowest BCUT2D eigenvalue weighted by atomic mass is 9.36. The molecule has 2 bridgehead atoms. The summed E-state index contributed by atoms with van der Waals surface area (Å²) in [6.45, 7) is 7.74. The Bertz CT molecular complexity index is 930. The van der Waals surface area contributed by atoms with Crippen LogP contribution in [0.2, 0.25) is 0 Å². The molecule has 2 heterocycles. The first-order valence-corrected chi connectivity index (χ1v) is 12.5. The van der Waals surface area contributed by atoms with Crippen LogP contribution in [0.4, 0.5) is 0 Å². The number of carbonyl (C=O) groups is 1. The molecule has 3 aliphatic carbocycles. The molecule has 5 aliphatic rings. The summed E-state index contributed by atoms with van der Waals surface area (Å²) in [7, 11) is 5.78. The fraction of sp³-hybridized carbons (Fsp3) is 0.741. The van der Waals surface area contributed by atoms with Crippen LogP contribution in [0.3, 0.4) is 0 Å². The third kappa shape index (κ3) is 2.39. The van der Waals surface area contributed by atoms with Crippen molar-refractivity contribution in [2.75, 3.05) is 27.8 Å². The molecule has 6 atom stereocenters. The lowest BCUT2D eigenvalue weighted by Crippen LogP contribution is -2.79. The zero-order chi connectivity index (χ0) is 22.9. The zero-order valence-corrected chi connectivity index (χ0v) is 20.6. The Balaban J connectivity index is 1.80. The van der Waals surface area contributed by atoms with E-state index in [-0.39, 0.29) is 22.9 Å². The third-order valence-electron chi connectivity index (χ3n) is 9.98.